The van der Waals surface area contributed by atoms with Gasteiger partial charge in [-0.1, -0.05) is 13.0 Å². The second-order valence-electron chi connectivity index (χ2n) is 3.24. The zero-order chi connectivity index (χ0) is 9.73. The van der Waals surface area contributed by atoms with Crippen LogP contribution in [0, 0.1) is 0 Å². The molecule has 3 heteroatoms. The van der Waals surface area contributed by atoms with E-state index >= 15 is 0 Å². The number of pyridine rings is 1. The van der Waals surface area contributed by atoms with Crippen molar-refractivity contribution in [2.45, 2.75) is 19.4 Å². The van der Waals surface area contributed by atoms with E-state index in [1.807, 2.05) is 32.0 Å². The molecule has 3 nitrogen and oxygen atoms in total. The average Bonchev–Trinajstić information content (AvgIpc) is 2.19. The smallest absolute Gasteiger partial charge is 0.0813 e. The summed E-state index contributed by atoms with van der Waals surface area (Å²) in [7, 11) is 0. The van der Waals surface area contributed by atoms with Gasteiger partial charge < -0.3 is 10.4 Å². The highest BCUT2D eigenvalue weighted by atomic mass is 16.3. The topological polar surface area (TPSA) is 45.1 Å². The highest BCUT2D eigenvalue weighted by Crippen LogP contribution is 2.16. The van der Waals surface area contributed by atoms with E-state index in [9.17, 15) is 5.11 Å². The van der Waals surface area contributed by atoms with E-state index in [-0.39, 0.29) is 6.61 Å². The molecule has 1 unspecified atom stereocenters. The van der Waals surface area contributed by atoms with Crippen LogP contribution in [0.2, 0.25) is 0 Å². The Hall–Kier alpha value is -0.930. The van der Waals surface area contributed by atoms with Gasteiger partial charge >= 0.3 is 0 Å². The van der Waals surface area contributed by atoms with Gasteiger partial charge in [0.2, 0.25) is 0 Å². The molecular formula is C10H16N2O. The predicted octanol–water partition coefficient (Wildman–Crippen LogP) is 0.899. The first-order chi connectivity index (χ1) is 6.23. The maximum atomic E-state index is 9.27. The maximum absolute atomic E-state index is 9.27. The third-order valence-corrected chi connectivity index (χ3v) is 2.11. The lowest BCUT2D eigenvalue weighted by atomic mass is 9.98. The van der Waals surface area contributed by atoms with Crippen molar-refractivity contribution in [2.75, 3.05) is 13.2 Å². The van der Waals surface area contributed by atoms with Crippen LogP contribution in [0.3, 0.4) is 0 Å². The van der Waals surface area contributed by atoms with Crippen LogP contribution in [0.5, 0.6) is 0 Å². The van der Waals surface area contributed by atoms with E-state index in [4.69, 9.17) is 0 Å². The quantitative estimate of drug-likeness (QED) is 0.723. The van der Waals surface area contributed by atoms with Crippen molar-refractivity contribution in [2.24, 2.45) is 0 Å². The molecule has 0 aromatic carbocycles. The largest absolute Gasteiger partial charge is 0.394 e. The third kappa shape index (κ3) is 2.26. The summed E-state index contributed by atoms with van der Waals surface area (Å²) in [5, 5.41) is 12.5. The molecule has 2 N–H and O–H groups in total. The minimum Gasteiger partial charge on any atom is -0.394 e. The van der Waals surface area contributed by atoms with E-state index in [0.717, 1.165) is 12.2 Å². The Bertz CT molecular complexity index is 250. The van der Waals surface area contributed by atoms with E-state index in [1.165, 1.54) is 0 Å². The van der Waals surface area contributed by atoms with E-state index < -0.39 is 5.54 Å². The Morgan fingerprint density at radius 2 is 2.31 bits per heavy atom. The number of aromatic nitrogens is 1. The first kappa shape index (κ1) is 10.2. The summed E-state index contributed by atoms with van der Waals surface area (Å²) in [4.78, 5) is 4.22. The van der Waals surface area contributed by atoms with Gasteiger partial charge in [-0.2, -0.15) is 0 Å². The predicted molar refractivity (Wildman–Crippen MR) is 52.4 cm³/mol. The lowest BCUT2D eigenvalue weighted by Gasteiger charge is -2.27. The number of aliphatic hydroxyl groups is 1. The second kappa shape index (κ2) is 4.35. The zero-order valence-electron chi connectivity index (χ0n) is 8.12. The van der Waals surface area contributed by atoms with Crippen LogP contribution in [0.25, 0.3) is 0 Å². The molecule has 0 radical (unpaired) electrons. The molecule has 72 valence electrons. The molecule has 0 aliphatic heterocycles. The van der Waals surface area contributed by atoms with Crippen molar-refractivity contribution >= 4 is 0 Å². The van der Waals surface area contributed by atoms with Gasteiger partial charge in [-0.05, 0) is 25.6 Å². The summed E-state index contributed by atoms with van der Waals surface area (Å²) >= 11 is 0. The molecule has 1 aromatic rings. The summed E-state index contributed by atoms with van der Waals surface area (Å²) in [6.45, 7) is 4.82. The van der Waals surface area contributed by atoms with E-state index in [0.29, 0.717) is 0 Å². The molecule has 0 fully saturated rings. The van der Waals surface area contributed by atoms with Crippen molar-refractivity contribution in [1.29, 1.82) is 0 Å². The van der Waals surface area contributed by atoms with Gasteiger partial charge in [-0.15, -0.1) is 0 Å². The van der Waals surface area contributed by atoms with Gasteiger partial charge in [0, 0.05) is 6.20 Å². The van der Waals surface area contributed by atoms with E-state index in [1.54, 1.807) is 6.20 Å². The fourth-order valence-corrected chi connectivity index (χ4v) is 1.31. The molecule has 0 amide bonds. The highest BCUT2D eigenvalue weighted by Gasteiger charge is 2.25. The summed E-state index contributed by atoms with van der Waals surface area (Å²) in [5.74, 6) is 0. The number of rotatable bonds is 4. The summed E-state index contributed by atoms with van der Waals surface area (Å²) in [6, 6.07) is 5.71. The highest BCUT2D eigenvalue weighted by molar-refractivity contribution is 5.14. The molecule has 0 aliphatic rings. The molecule has 1 atom stereocenters. The van der Waals surface area contributed by atoms with Gasteiger partial charge in [0.15, 0.2) is 0 Å². The number of likely N-dealkylation sites (N-methyl/N-ethyl adjacent to an activating group) is 1. The Labute approximate surface area is 78.8 Å². The van der Waals surface area contributed by atoms with Crippen LogP contribution in [0.1, 0.15) is 19.5 Å². The van der Waals surface area contributed by atoms with Crippen molar-refractivity contribution in [1.82, 2.24) is 10.3 Å². The Balaban J connectivity index is 2.89. The number of nitrogens with one attached hydrogen (secondary N) is 1. The summed E-state index contributed by atoms with van der Waals surface area (Å²) < 4.78 is 0. The molecule has 1 rings (SSSR count). The Morgan fingerprint density at radius 1 is 1.54 bits per heavy atom. The molecule has 13 heavy (non-hydrogen) atoms. The normalized spacial score (nSPS) is 15.3. The Morgan fingerprint density at radius 3 is 2.77 bits per heavy atom. The van der Waals surface area contributed by atoms with Crippen molar-refractivity contribution in [3.05, 3.63) is 30.1 Å². The van der Waals surface area contributed by atoms with E-state index in [2.05, 4.69) is 10.3 Å². The molecule has 0 aliphatic carbocycles. The number of hydrogen-bond donors (Lipinski definition) is 2. The summed E-state index contributed by atoms with van der Waals surface area (Å²) in [5.41, 5.74) is 0.454. The fourth-order valence-electron chi connectivity index (χ4n) is 1.31. The third-order valence-electron chi connectivity index (χ3n) is 2.11. The van der Waals surface area contributed by atoms with Gasteiger partial charge in [-0.3, -0.25) is 4.98 Å². The van der Waals surface area contributed by atoms with Crippen molar-refractivity contribution < 1.29 is 5.11 Å². The maximum Gasteiger partial charge on any atom is 0.0813 e. The SMILES string of the molecule is CCNC(C)(CO)c1ccccn1. The van der Waals surface area contributed by atoms with Crippen LogP contribution in [-0.2, 0) is 5.54 Å². The van der Waals surface area contributed by atoms with Gasteiger partial charge in [0.05, 0.1) is 17.8 Å². The number of nitrogens with zero attached hydrogens (tertiary/aromatic N) is 1. The molecule has 1 heterocycles. The minimum absolute atomic E-state index is 0.0534. The van der Waals surface area contributed by atoms with Gasteiger partial charge in [0.25, 0.3) is 0 Å². The molecule has 0 bridgehead atoms. The number of aliphatic hydroxyl groups excluding tert-OH is 1. The van der Waals surface area contributed by atoms with Crippen LogP contribution < -0.4 is 5.32 Å². The molecule has 0 spiro atoms. The molecular weight excluding hydrogens is 164 g/mol. The monoisotopic (exact) mass is 180 g/mol. The second-order valence-corrected chi connectivity index (χ2v) is 3.24. The van der Waals surface area contributed by atoms with Crippen LogP contribution >= 0.6 is 0 Å². The number of hydrogen-bond acceptors (Lipinski definition) is 3. The molecule has 0 saturated heterocycles. The van der Waals surface area contributed by atoms with Crippen LogP contribution in [0.15, 0.2) is 24.4 Å². The fraction of sp³-hybridized carbons (Fsp3) is 0.500. The standard InChI is InChI=1S/C10H16N2O/c1-3-12-10(2,8-13)9-6-4-5-7-11-9/h4-7,12-13H,3,8H2,1-2H3. The van der Waals surface area contributed by atoms with Crippen molar-refractivity contribution in [3.8, 4) is 0 Å². The summed E-state index contributed by atoms with van der Waals surface area (Å²) in [6.07, 6.45) is 1.74. The molecule has 1 aromatic heterocycles. The lowest BCUT2D eigenvalue weighted by molar-refractivity contribution is 0.173. The van der Waals surface area contributed by atoms with Gasteiger partial charge in [0.1, 0.15) is 0 Å². The van der Waals surface area contributed by atoms with Gasteiger partial charge in [-0.25, -0.2) is 0 Å². The molecule has 0 saturated carbocycles. The van der Waals surface area contributed by atoms with Crippen LogP contribution in [-0.4, -0.2) is 23.2 Å². The average molecular weight is 180 g/mol. The minimum atomic E-state index is -0.421. The van der Waals surface area contributed by atoms with Crippen molar-refractivity contribution in [3.63, 3.8) is 0 Å². The zero-order valence-corrected chi connectivity index (χ0v) is 8.12. The Kier molecular flexibility index (Phi) is 3.39. The first-order valence-electron chi connectivity index (χ1n) is 4.50. The lowest BCUT2D eigenvalue weighted by Crippen LogP contribution is -2.43. The first-order valence-corrected chi connectivity index (χ1v) is 4.50. The van der Waals surface area contributed by atoms with Crippen LogP contribution in [0.4, 0.5) is 0 Å².